The molecule has 0 aliphatic carbocycles. The van der Waals surface area contributed by atoms with E-state index >= 15 is 0 Å². The Kier molecular flexibility index (Phi) is 7.59. The van der Waals surface area contributed by atoms with Gasteiger partial charge in [0.25, 0.3) is 0 Å². The first-order chi connectivity index (χ1) is 13.6. The fourth-order valence-corrected chi connectivity index (χ4v) is 2.71. The van der Waals surface area contributed by atoms with Crippen LogP contribution >= 0.6 is 0 Å². The minimum Gasteiger partial charge on any atom is -0.489 e. The van der Waals surface area contributed by atoms with E-state index in [1.54, 1.807) is 20.8 Å². The SMILES string of the molecule is CC(C)(C)OC(=O)N[C@@H](CC(=O)O)Cc1cc(F)ccc1OCc1ccccc1. The molecule has 6 nitrogen and oxygen atoms in total. The van der Waals surface area contributed by atoms with Gasteiger partial charge in [0.1, 0.15) is 23.8 Å². The van der Waals surface area contributed by atoms with Crippen molar-refractivity contribution >= 4 is 12.1 Å². The highest BCUT2D eigenvalue weighted by molar-refractivity contribution is 5.71. The zero-order valence-corrected chi connectivity index (χ0v) is 16.8. The van der Waals surface area contributed by atoms with E-state index < -0.39 is 29.5 Å². The third-order valence-corrected chi connectivity index (χ3v) is 3.87. The van der Waals surface area contributed by atoms with E-state index in [2.05, 4.69) is 5.32 Å². The molecule has 0 spiro atoms. The molecule has 0 aliphatic heterocycles. The van der Waals surface area contributed by atoms with Crippen LogP contribution in [-0.2, 0) is 22.6 Å². The van der Waals surface area contributed by atoms with Crippen LogP contribution in [0.4, 0.5) is 9.18 Å². The number of amides is 1. The Morgan fingerprint density at radius 3 is 2.45 bits per heavy atom. The summed E-state index contributed by atoms with van der Waals surface area (Å²) in [4.78, 5) is 23.3. The summed E-state index contributed by atoms with van der Waals surface area (Å²) < 4.78 is 24.8. The van der Waals surface area contributed by atoms with Crippen molar-refractivity contribution in [1.82, 2.24) is 5.32 Å². The van der Waals surface area contributed by atoms with Crippen LogP contribution in [0.2, 0.25) is 0 Å². The minimum absolute atomic E-state index is 0.0768. The smallest absolute Gasteiger partial charge is 0.407 e. The number of ether oxygens (including phenoxy) is 2. The van der Waals surface area contributed by atoms with Crippen LogP contribution in [0.25, 0.3) is 0 Å². The maximum absolute atomic E-state index is 13.8. The maximum atomic E-state index is 13.8. The number of carbonyl (C=O) groups is 2. The summed E-state index contributed by atoms with van der Waals surface area (Å²) in [5.74, 6) is -1.13. The maximum Gasteiger partial charge on any atom is 0.407 e. The lowest BCUT2D eigenvalue weighted by Crippen LogP contribution is -2.41. The van der Waals surface area contributed by atoms with Gasteiger partial charge in [0.2, 0.25) is 0 Å². The molecule has 2 aromatic rings. The predicted octanol–water partition coefficient (Wildman–Crippen LogP) is 4.32. The number of hydrogen-bond donors (Lipinski definition) is 2. The number of rotatable bonds is 8. The second-order valence-corrected chi connectivity index (χ2v) is 7.67. The molecular formula is C22H26FNO5. The molecule has 0 aromatic heterocycles. The first-order valence-electron chi connectivity index (χ1n) is 9.29. The second kappa shape index (κ2) is 9.91. The lowest BCUT2D eigenvalue weighted by molar-refractivity contribution is -0.137. The Morgan fingerprint density at radius 2 is 1.83 bits per heavy atom. The number of carbonyl (C=O) groups excluding carboxylic acids is 1. The molecule has 7 heteroatoms. The van der Waals surface area contributed by atoms with E-state index in [9.17, 15) is 19.1 Å². The first kappa shape index (κ1) is 22.2. The fourth-order valence-electron chi connectivity index (χ4n) is 2.71. The van der Waals surface area contributed by atoms with Gasteiger partial charge in [0.15, 0.2) is 0 Å². The van der Waals surface area contributed by atoms with Crippen LogP contribution in [0.3, 0.4) is 0 Å². The molecule has 0 saturated carbocycles. The lowest BCUT2D eigenvalue weighted by Gasteiger charge is -2.23. The average Bonchev–Trinajstić information content (AvgIpc) is 2.59. The van der Waals surface area contributed by atoms with Crippen LogP contribution in [0.5, 0.6) is 5.75 Å². The molecule has 156 valence electrons. The number of halogens is 1. The molecule has 0 heterocycles. The minimum atomic E-state index is -1.09. The summed E-state index contributed by atoms with van der Waals surface area (Å²) in [5, 5.41) is 11.7. The van der Waals surface area contributed by atoms with Gasteiger partial charge >= 0.3 is 12.1 Å². The van der Waals surface area contributed by atoms with Gasteiger partial charge in [-0.15, -0.1) is 0 Å². The number of alkyl carbamates (subject to hydrolysis) is 1. The molecule has 1 amide bonds. The van der Waals surface area contributed by atoms with Crippen LogP contribution in [0.15, 0.2) is 48.5 Å². The molecule has 0 unspecified atom stereocenters. The van der Waals surface area contributed by atoms with Crippen molar-refractivity contribution < 1.29 is 28.6 Å². The molecular weight excluding hydrogens is 377 g/mol. The Labute approximate surface area is 169 Å². The van der Waals surface area contributed by atoms with Gasteiger partial charge in [0, 0.05) is 6.04 Å². The Morgan fingerprint density at radius 1 is 1.14 bits per heavy atom. The second-order valence-electron chi connectivity index (χ2n) is 7.67. The number of benzene rings is 2. The van der Waals surface area contributed by atoms with Gasteiger partial charge in [-0.1, -0.05) is 30.3 Å². The molecule has 2 aromatic carbocycles. The number of carboxylic acid groups (broad SMARTS) is 1. The predicted molar refractivity (Wildman–Crippen MR) is 106 cm³/mol. The van der Waals surface area contributed by atoms with Crippen molar-refractivity contribution in [2.24, 2.45) is 0 Å². The van der Waals surface area contributed by atoms with Crippen molar-refractivity contribution in [3.63, 3.8) is 0 Å². The zero-order chi connectivity index (χ0) is 21.4. The molecule has 1 atom stereocenters. The molecule has 0 fully saturated rings. The normalized spacial score (nSPS) is 12.1. The van der Waals surface area contributed by atoms with E-state index in [0.29, 0.717) is 11.3 Å². The molecule has 2 N–H and O–H groups in total. The third kappa shape index (κ3) is 8.21. The molecule has 0 aliphatic rings. The fraction of sp³-hybridized carbons (Fsp3) is 0.364. The number of hydrogen-bond acceptors (Lipinski definition) is 4. The summed E-state index contributed by atoms with van der Waals surface area (Å²) in [5.41, 5.74) is 0.681. The largest absolute Gasteiger partial charge is 0.489 e. The van der Waals surface area contributed by atoms with Crippen LogP contribution in [0.1, 0.15) is 38.3 Å². The van der Waals surface area contributed by atoms with Gasteiger partial charge in [-0.05, 0) is 56.5 Å². The van der Waals surface area contributed by atoms with Gasteiger partial charge < -0.3 is 19.9 Å². The van der Waals surface area contributed by atoms with Gasteiger partial charge in [-0.2, -0.15) is 0 Å². The van der Waals surface area contributed by atoms with E-state index in [1.165, 1.54) is 18.2 Å². The highest BCUT2D eigenvalue weighted by Gasteiger charge is 2.23. The van der Waals surface area contributed by atoms with E-state index in [0.717, 1.165) is 5.56 Å². The standard InChI is InChI=1S/C22H26FNO5/c1-22(2,3)29-21(27)24-18(13-20(25)26)12-16-11-17(23)9-10-19(16)28-14-15-7-5-4-6-8-15/h4-11,18H,12-14H2,1-3H3,(H,24,27)(H,25,26)/t18-/m1/s1. The summed E-state index contributed by atoms with van der Waals surface area (Å²) in [6, 6.07) is 12.7. The van der Waals surface area contributed by atoms with Gasteiger partial charge in [0.05, 0.1) is 6.42 Å². The summed E-state index contributed by atoms with van der Waals surface area (Å²) in [6.45, 7) is 5.41. The molecule has 2 rings (SSSR count). The number of aliphatic carboxylic acids is 1. The monoisotopic (exact) mass is 403 g/mol. The van der Waals surface area contributed by atoms with Crippen molar-refractivity contribution in [3.8, 4) is 5.75 Å². The Bertz CT molecular complexity index is 833. The van der Waals surface area contributed by atoms with Crippen molar-refractivity contribution in [2.45, 2.75) is 51.9 Å². The number of nitrogens with one attached hydrogen (secondary N) is 1. The Hall–Kier alpha value is -3.09. The van der Waals surface area contributed by atoms with E-state index in [4.69, 9.17) is 9.47 Å². The highest BCUT2D eigenvalue weighted by Crippen LogP contribution is 2.23. The van der Waals surface area contributed by atoms with Crippen LogP contribution < -0.4 is 10.1 Å². The van der Waals surface area contributed by atoms with Crippen LogP contribution in [-0.4, -0.2) is 28.8 Å². The lowest BCUT2D eigenvalue weighted by atomic mass is 10.0. The van der Waals surface area contributed by atoms with Gasteiger partial charge in [-0.25, -0.2) is 9.18 Å². The molecule has 0 bridgehead atoms. The van der Waals surface area contributed by atoms with E-state index in [1.807, 2.05) is 30.3 Å². The molecule has 0 saturated heterocycles. The average molecular weight is 403 g/mol. The topological polar surface area (TPSA) is 84.9 Å². The summed E-state index contributed by atoms with van der Waals surface area (Å²) in [7, 11) is 0. The van der Waals surface area contributed by atoms with Crippen molar-refractivity contribution in [3.05, 3.63) is 65.5 Å². The van der Waals surface area contributed by atoms with Crippen molar-refractivity contribution in [2.75, 3.05) is 0 Å². The summed E-state index contributed by atoms with van der Waals surface area (Å²) >= 11 is 0. The zero-order valence-electron chi connectivity index (χ0n) is 16.8. The first-order valence-corrected chi connectivity index (χ1v) is 9.29. The summed E-state index contributed by atoms with van der Waals surface area (Å²) in [6.07, 6.45) is -0.992. The highest BCUT2D eigenvalue weighted by atomic mass is 19.1. The quantitative estimate of drug-likeness (QED) is 0.686. The molecule has 0 radical (unpaired) electrons. The van der Waals surface area contributed by atoms with Crippen LogP contribution in [0, 0.1) is 5.82 Å². The Balaban J connectivity index is 2.15. The molecule has 29 heavy (non-hydrogen) atoms. The third-order valence-electron chi connectivity index (χ3n) is 3.87. The van der Waals surface area contributed by atoms with Gasteiger partial charge in [-0.3, -0.25) is 4.79 Å². The number of carboxylic acids is 1. The van der Waals surface area contributed by atoms with Crippen molar-refractivity contribution in [1.29, 1.82) is 0 Å². The van der Waals surface area contributed by atoms with E-state index in [-0.39, 0.29) is 19.4 Å².